The number of halogens is 1. The van der Waals surface area contributed by atoms with Gasteiger partial charge in [0.15, 0.2) is 0 Å². The Balaban J connectivity index is 1.54. The summed E-state index contributed by atoms with van der Waals surface area (Å²) in [5.41, 5.74) is 1.51. The molecular formula is C21H22FN3O3. The fourth-order valence-electron chi connectivity index (χ4n) is 3.56. The summed E-state index contributed by atoms with van der Waals surface area (Å²) in [7, 11) is 1.55. The highest BCUT2D eigenvalue weighted by Gasteiger charge is 2.44. The average molecular weight is 383 g/mol. The molecule has 0 aliphatic heterocycles. The van der Waals surface area contributed by atoms with Crippen LogP contribution in [0.2, 0.25) is 0 Å². The van der Waals surface area contributed by atoms with E-state index in [4.69, 9.17) is 4.74 Å². The standard InChI is InChI=1S/C21H22FN3O3/c1-28-19-3-2-16(22)10-15(19)12-21(5-6-21)24-20(27)17-11-18-14(13-23-17)4-7-25(18)8-9-26/h2-4,7,10-11,13,26H,5-6,8-9,12H2,1H3,(H,24,27). The van der Waals surface area contributed by atoms with Crippen molar-refractivity contribution in [2.75, 3.05) is 13.7 Å². The predicted octanol–water partition coefficient (Wildman–Crippen LogP) is 2.68. The average Bonchev–Trinajstić information content (AvgIpc) is 3.31. The largest absolute Gasteiger partial charge is 0.496 e. The Kier molecular flexibility index (Phi) is 4.77. The molecule has 0 bridgehead atoms. The van der Waals surface area contributed by atoms with Gasteiger partial charge in [-0.15, -0.1) is 0 Å². The molecule has 1 fully saturated rings. The molecule has 1 saturated carbocycles. The van der Waals surface area contributed by atoms with E-state index in [1.807, 2.05) is 16.8 Å². The number of nitrogens with one attached hydrogen (secondary N) is 1. The maximum absolute atomic E-state index is 13.7. The van der Waals surface area contributed by atoms with Gasteiger partial charge in [0.1, 0.15) is 17.3 Å². The third-order valence-corrected chi connectivity index (χ3v) is 5.23. The second kappa shape index (κ2) is 7.24. The van der Waals surface area contributed by atoms with Crippen LogP contribution in [0.3, 0.4) is 0 Å². The zero-order valence-corrected chi connectivity index (χ0v) is 15.6. The number of aromatic nitrogens is 2. The minimum atomic E-state index is -0.401. The Morgan fingerprint density at radius 2 is 2.18 bits per heavy atom. The summed E-state index contributed by atoms with van der Waals surface area (Å²) < 4.78 is 20.9. The number of carbonyl (C=O) groups is 1. The van der Waals surface area contributed by atoms with Gasteiger partial charge in [0.2, 0.25) is 0 Å². The molecule has 2 aromatic heterocycles. The van der Waals surface area contributed by atoms with Crippen LogP contribution in [0.4, 0.5) is 4.39 Å². The van der Waals surface area contributed by atoms with E-state index in [0.717, 1.165) is 29.3 Å². The van der Waals surface area contributed by atoms with E-state index >= 15 is 0 Å². The van der Waals surface area contributed by atoms with Crippen LogP contribution < -0.4 is 10.1 Å². The number of aliphatic hydroxyl groups excluding tert-OH is 1. The molecule has 6 nitrogen and oxygen atoms in total. The van der Waals surface area contributed by atoms with Gasteiger partial charge in [-0.05, 0) is 55.2 Å². The van der Waals surface area contributed by atoms with E-state index in [2.05, 4.69) is 10.3 Å². The third-order valence-electron chi connectivity index (χ3n) is 5.23. The van der Waals surface area contributed by atoms with Crippen LogP contribution in [0.1, 0.15) is 28.9 Å². The van der Waals surface area contributed by atoms with Crippen molar-refractivity contribution in [2.45, 2.75) is 31.3 Å². The summed E-state index contributed by atoms with van der Waals surface area (Å²) >= 11 is 0. The number of benzene rings is 1. The van der Waals surface area contributed by atoms with Crippen LogP contribution in [0.25, 0.3) is 10.9 Å². The van der Waals surface area contributed by atoms with Crippen LogP contribution in [0, 0.1) is 5.82 Å². The van der Waals surface area contributed by atoms with Crippen molar-refractivity contribution >= 4 is 16.8 Å². The van der Waals surface area contributed by atoms with Gasteiger partial charge in [0, 0.05) is 29.9 Å². The molecule has 0 unspecified atom stereocenters. The summed E-state index contributed by atoms with van der Waals surface area (Å²) in [6, 6.07) is 8.06. The molecule has 2 heterocycles. The Labute approximate surface area is 162 Å². The van der Waals surface area contributed by atoms with Crippen molar-refractivity contribution in [3.8, 4) is 5.75 Å². The highest BCUT2D eigenvalue weighted by molar-refractivity contribution is 5.96. The normalized spacial score (nSPS) is 14.8. The highest BCUT2D eigenvalue weighted by Crippen LogP contribution is 2.40. The minimum Gasteiger partial charge on any atom is -0.496 e. The van der Waals surface area contributed by atoms with E-state index < -0.39 is 5.54 Å². The van der Waals surface area contributed by atoms with E-state index in [9.17, 15) is 14.3 Å². The number of hydrogen-bond donors (Lipinski definition) is 2. The van der Waals surface area contributed by atoms with Gasteiger partial charge in [-0.1, -0.05) is 0 Å². The lowest BCUT2D eigenvalue weighted by atomic mass is 10.0. The molecule has 3 aromatic rings. The van der Waals surface area contributed by atoms with Gasteiger partial charge in [-0.3, -0.25) is 9.78 Å². The summed E-state index contributed by atoms with van der Waals surface area (Å²) in [4.78, 5) is 17.1. The molecule has 1 aliphatic carbocycles. The molecule has 0 saturated heterocycles. The molecular weight excluding hydrogens is 361 g/mol. The van der Waals surface area contributed by atoms with Gasteiger partial charge in [0.05, 0.1) is 19.2 Å². The number of fused-ring (bicyclic) bond motifs is 1. The fourth-order valence-corrected chi connectivity index (χ4v) is 3.56. The third kappa shape index (κ3) is 3.57. The first-order valence-electron chi connectivity index (χ1n) is 9.24. The Morgan fingerprint density at radius 1 is 1.36 bits per heavy atom. The number of carbonyl (C=O) groups excluding carboxylic acids is 1. The van der Waals surface area contributed by atoms with E-state index in [1.54, 1.807) is 25.4 Å². The van der Waals surface area contributed by atoms with Crippen LogP contribution in [-0.2, 0) is 13.0 Å². The Bertz CT molecular complexity index is 1030. The molecule has 7 heteroatoms. The maximum atomic E-state index is 13.7. The number of methoxy groups -OCH3 is 1. The molecule has 28 heavy (non-hydrogen) atoms. The smallest absolute Gasteiger partial charge is 0.270 e. The molecule has 4 rings (SSSR count). The monoisotopic (exact) mass is 383 g/mol. The predicted molar refractivity (Wildman–Crippen MR) is 103 cm³/mol. The quantitative estimate of drug-likeness (QED) is 0.658. The molecule has 0 atom stereocenters. The molecule has 1 aromatic carbocycles. The summed E-state index contributed by atoms with van der Waals surface area (Å²) in [5, 5.41) is 13.2. The van der Waals surface area contributed by atoms with Crippen LogP contribution >= 0.6 is 0 Å². The second-order valence-corrected chi connectivity index (χ2v) is 7.23. The Hall–Kier alpha value is -2.93. The molecule has 2 N–H and O–H groups in total. The van der Waals surface area contributed by atoms with Crippen molar-refractivity contribution in [3.05, 3.63) is 59.8 Å². The summed E-state index contributed by atoms with van der Waals surface area (Å²) in [5.74, 6) is 0.0320. The molecule has 0 spiro atoms. The van der Waals surface area contributed by atoms with E-state index in [-0.39, 0.29) is 18.3 Å². The SMILES string of the molecule is COc1ccc(F)cc1CC1(NC(=O)c2cc3c(ccn3CCO)cn2)CC1. The number of amides is 1. The van der Waals surface area contributed by atoms with E-state index in [0.29, 0.717) is 24.4 Å². The summed E-state index contributed by atoms with van der Waals surface area (Å²) in [6.45, 7) is 0.476. The van der Waals surface area contributed by atoms with Crippen molar-refractivity contribution in [1.29, 1.82) is 0 Å². The van der Waals surface area contributed by atoms with Crippen molar-refractivity contribution in [1.82, 2.24) is 14.9 Å². The van der Waals surface area contributed by atoms with Gasteiger partial charge in [-0.25, -0.2) is 4.39 Å². The van der Waals surface area contributed by atoms with E-state index in [1.165, 1.54) is 12.1 Å². The number of hydrogen-bond acceptors (Lipinski definition) is 4. The number of pyridine rings is 1. The first-order chi connectivity index (χ1) is 13.5. The van der Waals surface area contributed by atoms with Crippen molar-refractivity contribution < 1.29 is 19.0 Å². The number of rotatable bonds is 7. The minimum absolute atomic E-state index is 0.0201. The number of aliphatic hydroxyl groups is 1. The van der Waals surface area contributed by atoms with Gasteiger partial charge >= 0.3 is 0 Å². The topological polar surface area (TPSA) is 76.4 Å². The lowest BCUT2D eigenvalue weighted by Gasteiger charge is -2.19. The molecule has 0 radical (unpaired) electrons. The zero-order valence-electron chi connectivity index (χ0n) is 15.6. The molecule has 146 valence electrons. The summed E-state index contributed by atoms with van der Waals surface area (Å²) in [6.07, 6.45) is 5.67. The van der Waals surface area contributed by atoms with Gasteiger partial charge in [-0.2, -0.15) is 0 Å². The van der Waals surface area contributed by atoms with Crippen LogP contribution in [0.5, 0.6) is 5.75 Å². The Morgan fingerprint density at radius 3 is 2.89 bits per heavy atom. The highest BCUT2D eigenvalue weighted by atomic mass is 19.1. The van der Waals surface area contributed by atoms with Crippen molar-refractivity contribution in [3.63, 3.8) is 0 Å². The first-order valence-corrected chi connectivity index (χ1v) is 9.24. The first kappa shape index (κ1) is 18.4. The number of ether oxygens (including phenoxy) is 1. The second-order valence-electron chi connectivity index (χ2n) is 7.23. The van der Waals surface area contributed by atoms with Gasteiger partial charge < -0.3 is 19.7 Å². The van der Waals surface area contributed by atoms with Crippen LogP contribution in [0.15, 0.2) is 42.7 Å². The molecule has 1 aliphatic rings. The van der Waals surface area contributed by atoms with Crippen molar-refractivity contribution in [2.24, 2.45) is 0 Å². The number of nitrogens with zero attached hydrogens (tertiary/aromatic N) is 2. The fraction of sp³-hybridized carbons (Fsp3) is 0.333. The maximum Gasteiger partial charge on any atom is 0.270 e. The van der Waals surface area contributed by atoms with Crippen LogP contribution in [-0.4, -0.2) is 39.8 Å². The lowest BCUT2D eigenvalue weighted by molar-refractivity contribution is 0.0926. The lowest BCUT2D eigenvalue weighted by Crippen LogP contribution is -2.39. The van der Waals surface area contributed by atoms with Gasteiger partial charge in [0.25, 0.3) is 5.91 Å². The zero-order chi connectivity index (χ0) is 19.7. The molecule has 1 amide bonds.